The molecule has 1 aromatic rings. The summed E-state index contributed by atoms with van der Waals surface area (Å²) < 4.78 is 3.87. The molecule has 2 rings (SSSR count). The van der Waals surface area contributed by atoms with Gasteiger partial charge in [0.15, 0.2) is 0 Å². The van der Waals surface area contributed by atoms with Gasteiger partial charge in [0.25, 0.3) is 0 Å². The molecule has 0 amide bonds. The second-order valence-corrected chi connectivity index (χ2v) is 3.64. The maximum Gasteiger partial charge on any atom is 0.0939 e. The quantitative estimate of drug-likeness (QED) is 0.673. The zero-order valence-electron chi connectivity index (χ0n) is 7.03. The minimum Gasteiger partial charge on any atom is -0.313 e. The van der Waals surface area contributed by atoms with Gasteiger partial charge in [-0.05, 0) is 18.6 Å². The van der Waals surface area contributed by atoms with Crippen LogP contribution in [-0.2, 0) is 0 Å². The van der Waals surface area contributed by atoms with E-state index in [1.54, 1.807) is 0 Å². The van der Waals surface area contributed by atoms with E-state index in [0.717, 1.165) is 25.3 Å². The summed E-state index contributed by atoms with van der Waals surface area (Å²) in [6.45, 7) is 3.15. The van der Waals surface area contributed by atoms with Crippen LogP contribution in [0.2, 0.25) is 0 Å². The summed E-state index contributed by atoms with van der Waals surface area (Å²) in [6, 6.07) is 0.414. The first-order valence-electron chi connectivity index (χ1n) is 4.06. The number of nitrogens with one attached hydrogen (secondary N) is 1. The van der Waals surface area contributed by atoms with E-state index in [0.29, 0.717) is 6.04 Å². The molecule has 0 spiro atoms. The normalized spacial score (nSPS) is 25.9. The molecule has 0 saturated carbocycles. The minimum absolute atomic E-state index is 0.414. The van der Waals surface area contributed by atoms with Crippen LogP contribution in [0.15, 0.2) is 5.38 Å². The second-order valence-electron chi connectivity index (χ2n) is 3.03. The van der Waals surface area contributed by atoms with Crippen molar-refractivity contribution in [3.63, 3.8) is 0 Å². The van der Waals surface area contributed by atoms with Crippen molar-refractivity contribution in [3.8, 4) is 0 Å². The highest BCUT2D eigenvalue weighted by Gasteiger charge is 2.21. The topological polar surface area (TPSA) is 41.0 Å². The van der Waals surface area contributed by atoms with Crippen LogP contribution >= 0.6 is 11.5 Å². The van der Waals surface area contributed by atoms with Crippen molar-refractivity contribution in [1.82, 2.24) is 19.8 Å². The van der Waals surface area contributed by atoms with E-state index in [4.69, 9.17) is 0 Å². The largest absolute Gasteiger partial charge is 0.313 e. The molecule has 1 unspecified atom stereocenters. The van der Waals surface area contributed by atoms with E-state index in [-0.39, 0.29) is 0 Å². The SMILES string of the molecule is CN1CCNCC1c1csnn1. The maximum absolute atomic E-state index is 4.08. The summed E-state index contributed by atoms with van der Waals surface area (Å²) in [5.74, 6) is 0. The molecule has 1 atom stereocenters. The van der Waals surface area contributed by atoms with Crippen molar-refractivity contribution >= 4 is 11.5 Å². The van der Waals surface area contributed by atoms with Gasteiger partial charge in [0.1, 0.15) is 0 Å². The van der Waals surface area contributed by atoms with Gasteiger partial charge in [-0.2, -0.15) is 0 Å². The molecule has 0 bridgehead atoms. The molecule has 2 heterocycles. The van der Waals surface area contributed by atoms with E-state index in [1.165, 1.54) is 11.5 Å². The zero-order chi connectivity index (χ0) is 8.39. The summed E-state index contributed by atoms with van der Waals surface area (Å²) in [5, 5.41) is 9.45. The highest BCUT2D eigenvalue weighted by molar-refractivity contribution is 7.03. The van der Waals surface area contributed by atoms with Gasteiger partial charge in [-0.25, -0.2) is 0 Å². The fourth-order valence-electron chi connectivity index (χ4n) is 1.45. The molecule has 1 aromatic heterocycles. The van der Waals surface area contributed by atoms with Crippen LogP contribution in [0.3, 0.4) is 0 Å². The Kier molecular flexibility index (Phi) is 2.34. The summed E-state index contributed by atoms with van der Waals surface area (Å²) >= 11 is 1.42. The Morgan fingerprint density at radius 2 is 2.67 bits per heavy atom. The molecule has 0 aromatic carbocycles. The van der Waals surface area contributed by atoms with Crippen molar-refractivity contribution in [3.05, 3.63) is 11.1 Å². The zero-order valence-corrected chi connectivity index (χ0v) is 7.84. The number of hydrogen-bond acceptors (Lipinski definition) is 5. The Morgan fingerprint density at radius 3 is 3.33 bits per heavy atom. The molecule has 0 aliphatic carbocycles. The fraction of sp³-hybridized carbons (Fsp3) is 0.714. The van der Waals surface area contributed by atoms with Crippen LogP contribution in [0, 0.1) is 0 Å². The maximum atomic E-state index is 4.08. The first kappa shape index (κ1) is 8.10. The van der Waals surface area contributed by atoms with Crippen LogP contribution in [0.1, 0.15) is 11.7 Å². The average molecular weight is 184 g/mol. The van der Waals surface area contributed by atoms with Gasteiger partial charge in [0.2, 0.25) is 0 Å². The van der Waals surface area contributed by atoms with E-state index < -0.39 is 0 Å². The number of rotatable bonds is 1. The summed E-state index contributed by atoms with van der Waals surface area (Å²) in [5.41, 5.74) is 1.09. The Balaban J connectivity index is 2.11. The van der Waals surface area contributed by atoms with Crippen molar-refractivity contribution < 1.29 is 0 Å². The molecule has 66 valence electrons. The lowest BCUT2D eigenvalue weighted by Crippen LogP contribution is -2.43. The number of hydrogen-bond donors (Lipinski definition) is 1. The van der Waals surface area contributed by atoms with E-state index in [9.17, 15) is 0 Å². The Bertz CT molecular complexity index is 236. The third kappa shape index (κ3) is 1.48. The molecule has 5 heteroatoms. The number of nitrogens with zero attached hydrogens (tertiary/aromatic N) is 3. The van der Waals surface area contributed by atoms with Gasteiger partial charge < -0.3 is 5.32 Å². The Labute approximate surface area is 75.7 Å². The van der Waals surface area contributed by atoms with Crippen LogP contribution in [-0.4, -0.2) is 41.2 Å². The van der Waals surface area contributed by atoms with Gasteiger partial charge in [-0.3, -0.25) is 4.90 Å². The predicted molar refractivity (Wildman–Crippen MR) is 48.1 cm³/mol. The standard InChI is InChI=1S/C7H12N4S/c1-11-3-2-8-4-7(11)6-5-12-10-9-6/h5,7-8H,2-4H2,1H3. The summed E-state index contributed by atoms with van der Waals surface area (Å²) in [6.07, 6.45) is 0. The van der Waals surface area contributed by atoms with Crippen LogP contribution < -0.4 is 5.32 Å². The Morgan fingerprint density at radius 1 is 1.75 bits per heavy atom. The fourth-order valence-corrected chi connectivity index (χ4v) is 1.95. The van der Waals surface area contributed by atoms with Gasteiger partial charge >= 0.3 is 0 Å². The van der Waals surface area contributed by atoms with Crippen molar-refractivity contribution in [2.45, 2.75) is 6.04 Å². The lowest BCUT2D eigenvalue weighted by Gasteiger charge is -2.31. The monoisotopic (exact) mass is 184 g/mol. The molecule has 1 saturated heterocycles. The molecule has 0 radical (unpaired) electrons. The van der Waals surface area contributed by atoms with Crippen molar-refractivity contribution in [2.75, 3.05) is 26.7 Å². The van der Waals surface area contributed by atoms with Gasteiger partial charge in [-0.1, -0.05) is 4.49 Å². The van der Waals surface area contributed by atoms with E-state index in [2.05, 4.69) is 26.9 Å². The third-order valence-electron chi connectivity index (χ3n) is 2.23. The summed E-state index contributed by atoms with van der Waals surface area (Å²) in [7, 11) is 2.13. The second kappa shape index (κ2) is 3.47. The molecule has 1 N–H and O–H groups in total. The van der Waals surface area contributed by atoms with Crippen LogP contribution in [0.4, 0.5) is 0 Å². The van der Waals surface area contributed by atoms with Crippen molar-refractivity contribution in [2.24, 2.45) is 0 Å². The molecular formula is C7H12N4S. The minimum atomic E-state index is 0.414. The highest BCUT2D eigenvalue weighted by Crippen LogP contribution is 2.18. The Hall–Kier alpha value is -0.520. The number of likely N-dealkylation sites (N-methyl/N-ethyl adjacent to an activating group) is 1. The molecule has 1 aliphatic rings. The van der Waals surface area contributed by atoms with Gasteiger partial charge in [-0.15, -0.1) is 5.10 Å². The van der Waals surface area contributed by atoms with Crippen molar-refractivity contribution in [1.29, 1.82) is 0 Å². The third-order valence-corrected chi connectivity index (χ3v) is 2.75. The van der Waals surface area contributed by atoms with Gasteiger partial charge in [0.05, 0.1) is 11.7 Å². The highest BCUT2D eigenvalue weighted by atomic mass is 32.1. The smallest absolute Gasteiger partial charge is 0.0939 e. The lowest BCUT2D eigenvalue weighted by atomic mass is 10.1. The molecule has 12 heavy (non-hydrogen) atoms. The molecular weight excluding hydrogens is 172 g/mol. The number of piperazine rings is 1. The first-order chi connectivity index (χ1) is 5.88. The molecule has 4 nitrogen and oxygen atoms in total. The molecule has 1 fully saturated rings. The van der Waals surface area contributed by atoms with E-state index in [1.807, 2.05) is 5.38 Å². The summed E-state index contributed by atoms with van der Waals surface area (Å²) in [4.78, 5) is 2.31. The predicted octanol–water partition coefficient (Wildman–Crippen LogP) is 0.114. The van der Waals surface area contributed by atoms with Gasteiger partial charge in [0, 0.05) is 25.0 Å². The average Bonchev–Trinajstić information content (AvgIpc) is 2.57. The van der Waals surface area contributed by atoms with Crippen LogP contribution in [0.25, 0.3) is 0 Å². The first-order valence-corrected chi connectivity index (χ1v) is 4.89. The lowest BCUT2D eigenvalue weighted by molar-refractivity contribution is 0.198. The van der Waals surface area contributed by atoms with Crippen LogP contribution in [0.5, 0.6) is 0 Å². The van der Waals surface area contributed by atoms with E-state index >= 15 is 0 Å². The number of aromatic nitrogens is 2. The molecule has 1 aliphatic heterocycles.